The first kappa shape index (κ1) is 20.7. The maximum absolute atomic E-state index is 12.5. The molecule has 0 atom stereocenters. The monoisotopic (exact) mass is 456 g/mol. The van der Waals surface area contributed by atoms with Crippen molar-refractivity contribution in [3.63, 3.8) is 0 Å². The number of carbonyl (C=O) groups excluding carboxylic acids is 2. The highest BCUT2D eigenvalue weighted by Gasteiger charge is 2.15. The summed E-state index contributed by atoms with van der Waals surface area (Å²) in [7, 11) is 0. The Morgan fingerprint density at radius 1 is 0.966 bits per heavy atom. The van der Waals surface area contributed by atoms with Gasteiger partial charge in [0.15, 0.2) is 6.61 Å². The zero-order valence-electron chi connectivity index (χ0n) is 16.1. The van der Waals surface area contributed by atoms with Crippen LogP contribution < -0.4 is 20.3 Å². The van der Waals surface area contributed by atoms with Crippen molar-refractivity contribution < 1.29 is 19.1 Å². The van der Waals surface area contributed by atoms with Gasteiger partial charge >= 0.3 is 0 Å². The van der Waals surface area contributed by atoms with Gasteiger partial charge in [-0.1, -0.05) is 52.3 Å². The van der Waals surface area contributed by atoms with Crippen LogP contribution in [0.1, 0.15) is 24.2 Å². The molecule has 0 radical (unpaired) electrons. The van der Waals surface area contributed by atoms with Gasteiger partial charge in [0, 0.05) is 9.86 Å². The lowest BCUT2D eigenvalue weighted by Gasteiger charge is -2.15. The van der Waals surface area contributed by atoms with Gasteiger partial charge in [0.2, 0.25) is 0 Å². The molecular weight excluding hydrogens is 436 g/mol. The lowest BCUT2D eigenvalue weighted by atomic mass is 10.1. The molecule has 0 fully saturated rings. The Morgan fingerprint density at radius 3 is 2.52 bits per heavy atom. The third kappa shape index (κ3) is 5.48. The van der Waals surface area contributed by atoms with Crippen LogP contribution in [0.4, 0.5) is 0 Å². The predicted octanol–water partition coefficient (Wildman–Crippen LogP) is 4.23. The Labute approximate surface area is 177 Å². The van der Waals surface area contributed by atoms with E-state index < -0.39 is 11.8 Å². The molecule has 3 aromatic rings. The number of carbonyl (C=O) groups is 2. The summed E-state index contributed by atoms with van der Waals surface area (Å²) in [6.07, 6.45) is -0.0913. The number of fused-ring (bicyclic) bond motifs is 1. The van der Waals surface area contributed by atoms with Crippen LogP contribution in [-0.2, 0) is 4.79 Å². The Bertz CT molecular complexity index is 1030. The fraction of sp³-hybridized carbons (Fsp3) is 0.182. The summed E-state index contributed by atoms with van der Waals surface area (Å²) in [5, 5.41) is 1.93. The fourth-order valence-electron chi connectivity index (χ4n) is 2.73. The van der Waals surface area contributed by atoms with E-state index in [0.29, 0.717) is 17.1 Å². The van der Waals surface area contributed by atoms with Crippen LogP contribution in [0.15, 0.2) is 65.1 Å². The second-order valence-corrected chi connectivity index (χ2v) is 7.49. The van der Waals surface area contributed by atoms with E-state index in [2.05, 4.69) is 26.8 Å². The first-order valence-electron chi connectivity index (χ1n) is 9.10. The van der Waals surface area contributed by atoms with Crippen LogP contribution >= 0.6 is 15.9 Å². The molecule has 0 bridgehead atoms. The average molecular weight is 457 g/mol. The van der Waals surface area contributed by atoms with E-state index in [1.165, 1.54) is 0 Å². The molecule has 150 valence electrons. The zero-order valence-corrected chi connectivity index (χ0v) is 17.7. The molecular formula is C22H21BrN2O4. The van der Waals surface area contributed by atoms with Gasteiger partial charge in [-0.15, -0.1) is 0 Å². The molecule has 0 spiro atoms. The number of hydrazine groups is 1. The van der Waals surface area contributed by atoms with E-state index >= 15 is 0 Å². The Morgan fingerprint density at radius 2 is 1.72 bits per heavy atom. The molecule has 0 aliphatic heterocycles. The van der Waals surface area contributed by atoms with E-state index in [0.717, 1.165) is 15.2 Å². The van der Waals surface area contributed by atoms with Gasteiger partial charge in [0.1, 0.15) is 11.5 Å². The molecule has 2 N–H and O–H groups in total. The van der Waals surface area contributed by atoms with Gasteiger partial charge in [-0.2, -0.15) is 0 Å². The molecule has 7 heteroatoms. The normalized spacial score (nSPS) is 10.6. The second-order valence-electron chi connectivity index (χ2n) is 6.58. The molecule has 0 aromatic heterocycles. The molecule has 0 saturated heterocycles. The first-order chi connectivity index (χ1) is 13.9. The number of hydrogen-bond acceptors (Lipinski definition) is 4. The Balaban J connectivity index is 1.59. The van der Waals surface area contributed by atoms with E-state index in [4.69, 9.17) is 9.47 Å². The number of ether oxygens (including phenoxy) is 2. The molecule has 0 heterocycles. The van der Waals surface area contributed by atoms with Crippen LogP contribution in [-0.4, -0.2) is 24.5 Å². The van der Waals surface area contributed by atoms with Crippen molar-refractivity contribution in [2.45, 2.75) is 20.0 Å². The quantitative estimate of drug-likeness (QED) is 0.544. The molecule has 6 nitrogen and oxygen atoms in total. The highest BCUT2D eigenvalue weighted by atomic mass is 79.9. The van der Waals surface area contributed by atoms with Gasteiger partial charge < -0.3 is 9.47 Å². The number of amides is 2. The number of nitrogens with one attached hydrogen (secondary N) is 2. The molecule has 2 amide bonds. The topological polar surface area (TPSA) is 76.7 Å². The van der Waals surface area contributed by atoms with Gasteiger partial charge in [-0.3, -0.25) is 20.4 Å². The summed E-state index contributed by atoms with van der Waals surface area (Å²) >= 11 is 3.34. The number of halogens is 1. The first-order valence-corrected chi connectivity index (χ1v) is 9.89. The molecule has 0 saturated carbocycles. The van der Waals surface area contributed by atoms with E-state index in [1.807, 2.05) is 50.2 Å². The van der Waals surface area contributed by atoms with Crippen molar-refractivity contribution in [2.75, 3.05) is 6.61 Å². The zero-order chi connectivity index (χ0) is 20.8. The summed E-state index contributed by atoms with van der Waals surface area (Å²) in [6, 6.07) is 18.5. The van der Waals surface area contributed by atoms with Crippen molar-refractivity contribution in [3.8, 4) is 11.5 Å². The van der Waals surface area contributed by atoms with Crippen LogP contribution in [0.25, 0.3) is 10.8 Å². The van der Waals surface area contributed by atoms with Crippen molar-refractivity contribution >= 4 is 38.5 Å². The minimum absolute atomic E-state index is 0.0913. The SMILES string of the molecule is CC(C)Oc1ccc(Br)cc1C(=O)NNC(=O)COc1cccc2ccccc12. The molecule has 3 aromatic carbocycles. The van der Waals surface area contributed by atoms with Crippen LogP contribution in [0, 0.1) is 0 Å². The third-order valence-corrected chi connectivity index (χ3v) is 4.47. The minimum Gasteiger partial charge on any atom is -0.490 e. The summed E-state index contributed by atoms with van der Waals surface area (Å²) < 4.78 is 12.0. The summed E-state index contributed by atoms with van der Waals surface area (Å²) in [4.78, 5) is 24.6. The summed E-state index contributed by atoms with van der Waals surface area (Å²) in [5.41, 5.74) is 5.07. The van der Waals surface area contributed by atoms with Crippen molar-refractivity contribution in [2.24, 2.45) is 0 Å². The maximum atomic E-state index is 12.5. The molecule has 29 heavy (non-hydrogen) atoms. The minimum atomic E-state index is -0.486. The van der Waals surface area contributed by atoms with Crippen molar-refractivity contribution in [1.82, 2.24) is 10.9 Å². The molecule has 0 aliphatic carbocycles. The third-order valence-electron chi connectivity index (χ3n) is 3.97. The van der Waals surface area contributed by atoms with E-state index in [1.54, 1.807) is 24.3 Å². The van der Waals surface area contributed by atoms with Crippen molar-refractivity contribution in [3.05, 3.63) is 70.7 Å². The highest BCUT2D eigenvalue weighted by Crippen LogP contribution is 2.25. The van der Waals surface area contributed by atoms with E-state index in [-0.39, 0.29) is 12.7 Å². The van der Waals surface area contributed by atoms with Crippen LogP contribution in [0.2, 0.25) is 0 Å². The lowest BCUT2D eigenvalue weighted by molar-refractivity contribution is -0.123. The predicted molar refractivity (Wildman–Crippen MR) is 115 cm³/mol. The number of hydrogen-bond donors (Lipinski definition) is 2. The average Bonchev–Trinajstić information content (AvgIpc) is 2.71. The van der Waals surface area contributed by atoms with Gasteiger partial charge in [-0.05, 0) is 43.5 Å². The van der Waals surface area contributed by atoms with Crippen LogP contribution in [0.5, 0.6) is 11.5 Å². The Kier molecular flexibility index (Phi) is 6.72. The smallest absolute Gasteiger partial charge is 0.276 e. The summed E-state index contributed by atoms with van der Waals surface area (Å²) in [5.74, 6) is 0.0687. The standard InChI is InChI=1S/C22H21BrN2O4/c1-14(2)29-20-11-10-16(23)12-18(20)22(27)25-24-21(26)13-28-19-9-5-7-15-6-3-4-8-17(15)19/h3-12,14H,13H2,1-2H3,(H,24,26)(H,25,27). The molecule has 0 aliphatic rings. The largest absolute Gasteiger partial charge is 0.490 e. The highest BCUT2D eigenvalue weighted by molar-refractivity contribution is 9.10. The van der Waals surface area contributed by atoms with Gasteiger partial charge in [0.05, 0.1) is 11.7 Å². The van der Waals surface area contributed by atoms with E-state index in [9.17, 15) is 9.59 Å². The maximum Gasteiger partial charge on any atom is 0.276 e. The lowest BCUT2D eigenvalue weighted by Crippen LogP contribution is -2.44. The molecule has 3 rings (SSSR count). The van der Waals surface area contributed by atoms with Gasteiger partial charge in [-0.25, -0.2) is 0 Å². The van der Waals surface area contributed by atoms with Crippen molar-refractivity contribution in [1.29, 1.82) is 0 Å². The molecule has 0 unspecified atom stereocenters. The second kappa shape index (κ2) is 9.43. The van der Waals surface area contributed by atoms with Gasteiger partial charge in [0.25, 0.3) is 11.8 Å². The number of rotatable bonds is 6. The number of benzene rings is 3. The van der Waals surface area contributed by atoms with Crippen LogP contribution in [0.3, 0.4) is 0 Å². The summed E-state index contributed by atoms with van der Waals surface area (Å²) in [6.45, 7) is 3.51. The Hall–Kier alpha value is -3.06. The fourth-order valence-corrected chi connectivity index (χ4v) is 3.09.